The summed E-state index contributed by atoms with van der Waals surface area (Å²) in [6.07, 6.45) is 4.58. The van der Waals surface area contributed by atoms with Crippen molar-refractivity contribution in [3.05, 3.63) is 35.0 Å². The number of carboxylic acids is 1. The van der Waals surface area contributed by atoms with Gasteiger partial charge in [0.05, 0.1) is 22.7 Å². The van der Waals surface area contributed by atoms with Crippen LogP contribution in [0.25, 0.3) is 10.9 Å². The Kier molecular flexibility index (Phi) is 4.39. The van der Waals surface area contributed by atoms with Gasteiger partial charge < -0.3 is 10.4 Å². The van der Waals surface area contributed by atoms with Crippen molar-refractivity contribution in [1.82, 2.24) is 4.98 Å². The number of nitrogens with one attached hydrogen (secondary N) is 1. The minimum Gasteiger partial charge on any atom is -0.481 e. The van der Waals surface area contributed by atoms with E-state index in [2.05, 4.69) is 28.5 Å². The molecular formula is C19H21N3O2. The molecule has 0 bridgehead atoms. The van der Waals surface area contributed by atoms with E-state index in [0.29, 0.717) is 18.4 Å². The highest BCUT2D eigenvalue weighted by Gasteiger charge is 2.26. The molecule has 1 aliphatic rings. The molecule has 1 fully saturated rings. The molecular weight excluding hydrogens is 302 g/mol. The second kappa shape index (κ2) is 6.48. The molecule has 0 amide bonds. The molecule has 0 aliphatic heterocycles. The first-order valence-electron chi connectivity index (χ1n) is 8.29. The maximum atomic E-state index is 11.1. The zero-order valence-corrected chi connectivity index (χ0v) is 14.0. The fourth-order valence-corrected chi connectivity index (χ4v) is 3.59. The van der Waals surface area contributed by atoms with E-state index in [-0.39, 0.29) is 12.0 Å². The summed E-state index contributed by atoms with van der Waals surface area (Å²) in [5, 5.41) is 23.0. The van der Waals surface area contributed by atoms with Gasteiger partial charge in [-0.2, -0.15) is 5.26 Å². The lowest BCUT2D eigenvalue weighted by Gasteiger charge is -2.28. The van der Waals surface area contributed by atoms with E-state index >= 15 is 0 Å². The summed E-state index contributed by atoms with van der Waals surface area (Å²) in [6, 6.07) is 6.56. The average Bonchev–Trinajstić information content (AvgIpc) is 2.56. The fourth-order valence-electron chi connectivity index (χ4n) is 3.59. The third-order valence-corrected chi connectivity index (χ3v) is 4.85. The molecule has 0 radical (unpaired) electrons. The number of carboxylic acid groups (broad SMARTS) is 1. The second-order valence-corrected chi connectivity index (χ2v) is 6.67. The lowest BCUT2D eigenvalue weighted by molar-refractivity contribution is -0.142. The van der Waals surface area contributed by atoms with Gasteiger partial charge >= 0.3 is 5.97 Å². The minimum atomic E-state index is -0.702. The van der Waals surface area contributed by atoms with E-state index in [9.17, 15) is 10.1 Å². The average molecular weight is 323 g/mol. The van der Waals surface area contributed by atoms with Gasteiger partial charge in [0, 0.05) is 17.6 Å². The van der Waals surface area contributed by atoms with E-state index in [1.54, 1.807) is 6.20 Å². The van der Waals surface area contributed by atoms with Crippen LogP contribution in [-0.2, 0) is 4.79 Å². The number of fused-ring (bicyclic) bond motifs is 1. The Balaban J connectivity index is 1.94. The van der Waals surface area contributed by atoms with Crippen LogP contribution in [0.1, 0.15) is 42.4 Å². The van der Waals surface area contributed by atoms with Gasteiger partial charge in [0.25, 0.3) is 0 Å². The zero-order chi connectivity index (χ0) is 17.3. The molecule has 3 rings (SSSR count). The standard InChI is InChI=1S/C19H21N3O2/c1-11-7-12(2)17-16(8-11)18(14(9-20)10-21-17)22-15-5-3-13(4-6-15)19(23)24/h7-8,10,13,15H,3-6H2,1-2H3,(H,21,22)(H,23,24). The summed E-state index contributed by atoms with van der Waals surface area (Å²) in [6.45, 7) is 4.06. The summed E-state index contributed by atoms with van der Waals surface area (Å²) in [5.41, 5.74) is 4.49. The lowest BCUT2D eigenvalue weighted by Crippen LogP contribution is -2.29. The van der Waals surface area contributed by atoms with Crippen LogP contribution in [0.5, 0.6) is 0 Å². The number of aromatic nitrogens is 1. The normalized spacial score (nSPS) is 20.5. The van der Waals surface area contributed by atoms with Gasteiger partial charge in [0.2, 0.25) is 0 Å². The number of nitrogens with zero attached hydrogens (tertiary/aromatic N) is 2. The molecule has 5 nitrogen and oxygen atoms in total. The monoisotopic (exact) mass is 323 g/mol. The molecule has 1 aliphatic carbocycles. The fraction of sp³-hybridized carbons (Fsp3) is 0.421. The lowest BCUT2D eigenvalue weighted by atomic mass is 9.86. The van der Waals surface area contributed by atoms with Crippen molar-refractivity contribution in [1.29, 1.82) is 5.26 Å². The zero-order valence-electron chi connectivity index (χ0n) is 14.0. The van der Waals surface area contributed by atoms with Crippen molar-refractivity contribution in [3.8, 4) is 6.07 Å². The number of benzene rings is 1. The summed E-state index contributed by atoms with van der Waals surface area (Å²) >= 11 is 0. The van der Waals surface area contributed by atoms with Crippen LogP contribution in [0.4, 0.5) is 5.69 Å². The number of rotatable bonds is 3. The van der Waals surface area contributed by atoms with E-state index in [0.717, 1.165) is 40.6 Å². The number of aliphatic carboxylic acids is 1. The number of hydrogen-bond donors (Lipinski definition) is 2. The molecule has 5 heteroatoms. The van der Waals surface area contributed by atoms with Gasteiger partial charge in [-0.25, -0.2) is 0 Å². The van der Waals surface area contributed by atoms with Crippen LogP contribution < -0.4 is 5.32 Å². The number of carbonyl (C=O) groups is 1. The highest BCUT2D eigenvalue weighted by Crippen LogP contribution is 2.32. The Labute approximate surface area is 141 Å². The molecule has 0 saturated heterocycles. The van der Waals surface area contributed by atoms with Gasteiger partial charge in [-0.05, 0) is 51.2 Å². The molecule has 0 spiro atoms. The summed E-state index contributed by atoms with van der Waals surface area (Å²) in [4.78, 5) is 15.5. The van der Waals surface area contributed by atoms with Gasteiger partial charge in [-0.15, -0.1) is 0 Å². The predicted molar refractivity (Wildman–Crippen MR) is 92.9 cm³/mol. The summed E-state index contributed by atoms with van der Waals surface area (Å²) in [5.74, 6) is -0.941. The predicted octanol–water partition coefficient (Wildman–Crippen LogP) is 3.78. The molecule has 1 aromatic heterocycles. The number of aryl methyl sites for hydroxylation is 2. The van der Waals surface area contributed by atoms with Crippen LogP contribution in [0.3, 0.4) is 0 Å². The molecule has 124 valence electrons. The topological polar surface area (TPSA) is 86.0 Å². The van der Waals surface area contributed by atoms with Crippen molar-refractivity contribution in [3.63, 3.8) is 0 Å². The number of anilines is 1. The van der Waals surface area contributed by atoms with E-state index < -0.39 is 5.97 Å². The quantitative estimate of drug-likeness (QED) is 0.897. The SMILES string of the molecule is Cc1cc(C)c2ncc(C#N)c(NC3CCC(C(=O)O)CC3)c2c1. The first-order chi connectivity index (χ1) is 11.5. The van der Waals surface area contributed by atoms with Gasteiger partial charge in [0.15, 0.2) is 0 Å². The molecule has 1 saturated carbocycles. The van der Waals surface area contributed by atoms with E-state index in [1.165, 1.54) is 0 Å². The van der Waals surface area contributed by atoms with E-state index in [4.69, 9.17) is 5.11 Å². The van der Waals surface area contributed by atoms with Gasteiger partial charge in [-0.1, -0.05) is 11.6 Å². The van der Waals surface area contributed by atoms with Crippen LogP contribution in [0.15, 0.2) is 18.3 Å². The Morgan fingerprint density at radius 1 is 1.29 bits per heavy atom. The molecule has 1 heterocycles. The molecule has 0 unspecified atom stereocenters. The van der Waals surface area contributed by atoms with Crippen molar-refractivity contribution in [2.75, 3.05) is 5.32 Å². The Morgan fingerprint density at radius 2 is 2.00 bits per heavy atom. The second-order valence-electron chi connectivity index (χ2n) is 6.67. The number of nitriles is 1. The maximum Gasteiger partial charge on any atom is 0.306 e. The van der Waals surface area contributed by atoms with Crippen LogP contribution >= 0.6 is 0 Å². The van der Waals surface area contributed by atoms with Crippen molar-refractivity contribution in [2.24, 2.45) is 5.92 Å². The molecule has 1 aromatic carbocycles. The highest BCUT2D eigenvalue weighted by atomic mass is 16.4. The Hall–Kier alpha value is -2.61. The number of pyridine rings is 1. The summed E-state index contributed by atoms with van der Waals surface area (Å²) in [7, 11) is 0. The number of hydrogen-bond acceptors (Lipinski definition) is 4. The van der Waals surface area contributed by atoms with Gasteiger partial charge in [-0.3, -0.25) is 9.78 Å². The van der Waals surface area contributed by atoms with Crippen LogP contribution in [0, 0.1) is 31.1 Å². The Bertz CT molecular complexity index is 831. The molecule has 24 heavy (non-hydrogen) atoms. The maximum absolute atomic E-state index is 11.1. The van der Waals surface area contributed by atoms with Crippen LogP contribution in [0.2, 0.25) is 0 Å². The minimum absolute atomic E-state index is 0.194. The molecule has 0 atom stereocenters. The van der Waals surface area contributed by atoms with E-state index in [1.807, 2.05) is 13.8 Å². The van der Waals surface area contributed by atoms with Crippen LogP contribution in [-0.4, -0.2) is 22.1 Å². The van der Waals surface area contributed by atoms with Crippen molar-refractivity contribution in [2.45, 2.75) is 45.6 Å². The summed E-state index contributed by atoms with van der Waals surface area (Å²) < 4.78 is 0. The van der Waals surface area contributed by atoms with Gasteiger partial charge in [0.1, 0.15) is 6.07 Å². The third-order valence-electron chi connectivity index (χ3n) is 4.85. The Morgan fingerprint density at radius 3 is 2.62 bits per heavy atom. The van der Waals surface area contributed by atoms with Crippen molar-refractivity contribution < 1.29 is 9.90 Å². The highest BCUT2D eigenvalue weighted by molar-refractivity contribution is 5.96. The van der Waals surface area contributed by atoms with Crippen molar-refractivity contribution >= 4 is 22.6 Å². The molecule has 2 aromatic rings. The first-order valence-corrected chi connectivity index (χ1v) is 8.29. The third kappa shape index (κ3) is 3.05. The first kappa shape index (κ1) is 16.3. The molecule has 2 N–H and O–H groups in total. The smallest absolute Gasteiger partial charge is 0.306 e. The largest absolute Gasteiger partial charge is 0.481 e.